The summed E-state index contributed by atoms with van der Waals surface area (Å²) in [5, 5.41) is 17.8. The molecular formula is C19H18N2O2. The molecule has 2 aromatic rings. The van der Waals surface area contributed by atoms with Gasteiger partial charge in [-0.1, -0.05) is 35.4 Å². The normalized spacial score (nSPS) is 9.83. The van der Waals surface area contributed by atoms with Crippen molar-refractivity contribution in [3.05, 3.63) is 57.6 Å². The Morgan fingerprint density at radius 2 is 1.13 bits per heavy atom. The molecule has 0 atom stereocenters. The first-order chi connectivity index (χ1) is 11.0. The van der Waals surface area contributed by atoms with Gasteiger partial charge in [0.25, 0.3) is 12.5 Å². The number of aryl methyl sites for hydroxylation is 4. The van der Waals surface area contributed by atoms with E-state index in [0.29, 0.717) is 17.9 Å². The monoisotopic (exact) mass is 306 g/mol. The van der Waals surface area contributed by atoms with Crippen molar-refractivity contribution in [1.82, 2.24) is 0 Å². The molecule has 0 unspecified atom stereocenters. The first-order valence-electron chi connectivity index (χ1n) is 7.28. The van der Waals surface area contributed by atoms with Crippen LogP contribution < -0.4 is 9.47 Å². The van der Waals surface area contributed by atoms with Crippen LogP contribution in [0.15, 0.2) is 24.3 Å². The number of hydrogen-bond donors (Lipinski definition) is 0. The number of benzene rings is 2. The fourth-order valence-corrected chi connectivity index (χ4v) is 2.94. The predicted octanol–water partition coefficient (Wildman–Crippen LogP) is 4.23. The number of hydrogen-bond acceptors (Lipinski definition) is 4. The van der Waals surface area contributed by atoms with Crippen LogP contribution in [0, 0.1) is 50.7 Å². The van der Waals surface area contributed by atoms with Crippen LogP contribution in [0.3, 0.4) is 0 Å². The minimum atomic E-state index is 0.527. The Morgan fingerprint density at radius 3 is 1.48 bits per heavy atom. The summed E-state index contributed by atoms with van der Waals surface area (Å²) in [6, 6.07) is 7.94. The molecular weight excluding hydrogens is 288 g/mol. The Kier molecular flexibility index (Phi) is 4.88. The molecule has 0 spiro atoms. The lowest BCUT2D eigenvalue weighted by Crippen LogP contribution is -2.01. The average molecular weight is 306 g/mol. The number of rotatable bonds is 4. The Morgan fingerprint density at radius 1 is 0.739 bits per heavy atom. The molecule has 0 amide bonds. The largest absolute Gasteiger partial charge is 0.387 e. The first-order valence-corrected chi connectivity index (χ1v) is 7.28. The highest BCUT2D eigenvalue weighted by Gasteiger charge is 2.15. The molecule has 0 heterocycles. The molecule has 4 heteroatoms. The van der Waals surface area contributed by atoms with E-state index in [0.717, 1.165) is 33.4 Å². The standard InChI is InChI=1S/C19H18N2O2/c1-12-5-14(3)18(22-10-20)16(7-12)9-17-8-13(2)6-15(4)19(17)23-11-21/h5-8H,9H2,1-4H3. The van der Waals surface area contributed by atoms with Crippen LogP contribution in [0.25, 0.3) is 0 Å². The van der Waals surface area contributed by atoms with E-state index in [1.54, 1.807) is 12.5 Å². The second-order valence-corrected chi connectivity index (χ2v) is 5.70. The summed E-state index contributed by atoms with van der Waals surface area (Å²) in [5.74, 6) is 1.14. The molecule has 0 saturated heterocycles. The zero-order valence-corrected chi connectivity index (χ0v) is 13.7. The molecule has 0 bridgehead atoms. The predicted molar refractivity (Wildman–Crippen MR) is 87.1 cm³/mol. The van der Waals surface area contributed by atoms with Crippen LogP contribution in [0.4, 0.5) is 0 Å². The Balaban J connectivity index is 2.56. The van der Waals surface area contributed by atoms with Crippen molar-refractivity contribution in [3.8, 4) is 24.0 Å². The third-order valence-corrected chi connectivity index (χ3v) is 3.67. The van der Waals surface area contributed by atoms with Crippen molar-refractivity contribution in [2.45, 2.75) is 34.1 Å². The van der Waals surface area contributed by atoms with Crippen LogP contribution in [0.1, 0.15) is 33.4 Å². The van der Waals surface area contributed by atoms with E-state index < -0.39 is 0 Å². The maximum absolute atomic E-state index is 8.89. The fourth-order valence-electron chi connectivity index (χ4n) is 2.94. The van der Waals surface area contributed by atoms with E-state index in [2.05, 4.69) is 0 Å². The molecule has 0 radical (unpaired) electrons. The van der Waals surface area contributed by atoms with Gasteiger partial charge in [0.2, 0.25) is 0 Å². The van der Waals surface area contributed by atoms with Gasteiger partial charge in [0.05, 0.1) is 0 Å². The van der Waals surface area contributed by atoms with Gasteiger partial charge in [0.1, 0.15) is 11.5 Å². The third-order valence-electron chi connectivity index (χ3n) is 3.67. The molecule has 0 aliphatic rings. The van der Waals surface area contributed by atoms with Gasteiger partial charge >= 0.3 is 0 Å². The van der Waals surface area contributed by atoms with Crippen molar-refractivity contribution < 1.29 is 9.47 Å². The third kappa shape index (κ3) is 3.62. The molecule has 0 N–H and O–H groups in total. The van der Waals surface area contributed by atoms with Gasteiger partial charge in [-0.25, -0.2) is 0 Å². The van der Waals surface area contributed by atoms with Crippen LogP contribution in [-0.2, 0) is 6.42 Å². The van der Waals surface area contributed by atoms with Crippen molar-refractivity contribution in [2.75, 3.05) is 0 Å². The van der Waals surface area contributed by atoms with Gasteiger partial charge in [-0.15, -0.1) is 10.5 Å². The number of nitriles is 2. The molecule has 0 aromatic heterocycles. The molecule has 0 fully saturated rings. The highest BCUT2D eigenvalue weighted by molar-refractivity contribution is 5.51. The van der Waals surface area contributed by atoms with E-state index in [9.17, 15) is 0 Å². The highest BCUT2D eigenvalue weighted by Crippen LogP contribution is 2.32. The summed E-state index contributed by atoms with van der Waals surface area (Å²) < 4.78 is 10.3. The van der Waals surface area contributed by atoms with E-state index in [-0.39, 0.29) is 0 Å². The SMILES string of the molecule is Cc1cc(C)c(OC#N)c(Cc2cc(C)cc(C)c2OC#N)c1. The minimum Gasteiger partial charge on any atom is -0.387 e. The Labute approximate surface area is 136 Å². The number of ether oxygens (including phenoxy) is 2. The van der Waals surface area contributed by atoms with E-state index in [1.165, 1.54) is 0 Å². The van der Waals surface area contributed by atoms with Gasteiger partial charge in [-0.05, 0) is 38.8 Å². The second kappa shape index (κ2) is 6.85. The van der Waals surface area contributed by atoms with E-state index >= 15 is 0 Å². The Hall–Kier alpha value is -2.98. The molecule has 0 aliphatic heterocycles. The number of nitrogens with zero attached hydrogens (tertiary/aromatic N) is 2. The van der Waals surface area contributed by atoms with E-state index in [1.807, 2.05) is 52.0 Å². The quantitative estimate of drug-likeness (QED) is 0.793. The van der Waals surface area contributed by atoms with Crippen LogP contribution in [0.5, 0.6) is 11.5 Å². The van der Waals surface area contributed by atoms with Gasteiger partial charge in [0.15, 0.2) is 0 Å². The van der Waals surface area contributed by atoms with E-state index in [4.69, 9.17) is 20.0 Å². The molecule has 2 aromatic carbocycles. The topological polar surface area (TPSA) is 66.0 Å². The Bertz CT molecular complexity index is 757. The summed E-state index contributed by atoms with van der Waals surface area (Å²) in [6.45, 7) is 7.83. The average Bonchev–Trinajstić information content (AvgIpc) is 2.46. The molecule has 23 heavy (non-hydrogen) atoms. The van der Waals surface area contributed by atoms with Gasteiger partial charge in [-0.2, -0.15) is 0 Å². The first kappa shape index (κ1) is 16.4. The van der Waals surface area contributed by atoms with Crippen LogP contribution in [0.2, 0.25) is 0 Å². The molecule has 0 saturated carbocycles. The van der Waals surface area contributed by atoms with Crippen molar-refractivity contribution in [1.29, 1.82) is 10.5 Å². The van der Waals surface area contributed by atoms with Crippen molar-refractivity contribution >= 4 is 0 Å². The molecule has 4 nitrogen and oxygen atoms in total. The fraction of sp³-hybridized carbons (Fsp3) is 0.263. The van der Waals surface area contributed by atoms with Crippen LogP contribution >= 0.6 is 0 Å². The zero-order valence-electron chi connectivity index (χ0n) is 13.7. The van der Waals surface area contributed by atoms with Gasteiger partial charge < -0.3 is 9.47 Å². The summed E-state index contributed by atoms with van der Waals surface area (Å²) >= 11 is 0. The lowest BCUT2D eigenvalue weighted by Gasteiger charge is -2.14. The van der Waals surface area contributed by atoms with Crippen molar-refractivity contribution in [3.63, 3.8) is 0 Å². The summed E-state index contributed by atoms with van der Waals surface area (Å²) in [7, 11) is 0. The second-order valence-electron chi connectivity index (χ2n) is 5.70. The maximum atomic E-state index is 8.89. The highest BCUT2D eigenvalue weighted by atomic mass is 16.5. The van der Waals surface area contributed by atoms with Crippen LogP contribution in [-0.4, -0.2) is 0 Å². The zero-order chi connectivity index (χ0) is 17.0. The molecule has 116 valence electrons. The smallest absolute Gasteiger partial charge is 0.292 e. The lowest BCUT2D eigenvalue weighted by molar-refractivity contribution is 0.490. The van der Waals surface area contributed by atoms with Gasteiger partial charge in [-0.3, -0.25) is 0 Å². The van der Waals surface area contributed by atoms with Gasteiger partial charge in [0, 0.05) is 17.5 Å². The molecule has 0 aliphatic carbocycles. The lowest BCUT2D eigenvalue weighted by atomic mass is 9.96. The summed E-state index contributed by atoms with van der Waals surface area (Å²) in [4.78, 5) is 0. The maximum Gasteiger partial charge on any atom is 0.292 e. The summed E-state index contributed by atoms with van der Waals surface area (Å²) in [5.41, 5.74) is 5.81. The summed E-state index contributed by atoms with van der Waals surface area (Å²) in [6.07, 6.45) is 4.03. The molecule has 2 rings (SSSR count). The minimum absolute atomic E-state index is 0.527. The van der Waals surface area contributed by atoms with Crippen molar-refractivity contribution in [2.24, 2.45) is 0 Å².